The van der Waals surface area contributed by atoms with Crippen LogP contribution in [0.15, 0.2) is 12.1 Å². The molecule has 2 aromatic rings. The number of nitrogens with one attached hydrogen (secondary N) is 1. The van der Waals surface area contributed by atoms with Gasteiger partial charge in [-0.2, -0.15) is 15.4 Å². The Morgan fingerprint density at radius 1 is 1.38 bits per heavy atom. The third kappa shape index (κ3) is 1.19. The van der Waals surface area contributed by atoms with Crippen molar-refractivity contribution in [2.45, 2.75) is 20.0 Å². The van der Waals surface area contributed by atoms with Gasteiger partial charge in [-0.25, -0.2) is 0 Å². The molecule has 0 spiro atoms. The molecule has 0 aliphatic carbocycles. The molecule has 0 fully saturated rings. The summed E-state index contributed by atoms with van der Waals surface area (Å²) < 4.78 is 0. The maximum absolute atomic E-state index is 9.54. The fourth-order valence-electron chi connectivity index (χ4n) is 1.56. The molecule has 4 nitrogen and oxygen atoms in total. The van der Waals surface area contributed by atoms with Gasteiger partial charge in [0.25, 0.3) is 0 Å². The average molecular weight is 177 g/mol. The lowest BCUT2D eigenvalue weighted by atomic mass is 10.0. The van der Waals surface area contributed by atoms with E-state index in [0.29, 0.717) is 0 Å². The highest BCUT2D eigenvalue weighted by Gasteiger charge is 2.12. The third-order valence-corrected chi connectivity index (χ3v) is 2.16. The van der Waals surface area contributed by atoms with Crippen molar-refractivity contribution in [1.82, 2.24) is 15.4 Å². The van der Waals surface area contributed by atoms with E-state index in [2.05, 4.69) is 15.4 Å². The summed E-state index contributed by atoms with van der Waals surface area (Å²) >= 11 is 0. The molecule has 13 heavy (non-hydrogen) atoms. The number of rotatable bonds is 1. The topological polar surface area (TPSA) is 61.8 Å². The Morgan fingerprint density at radius 3 is 2.85 bits per heavy atom. The maximum Gasteiger partial charge on any atom is 0.119 e. The van der Waals surface area contributed by atoms with Crippen LogP contribution in [-0.4, -0.2) is 20.5 Å². The highest BCUT2D eigenvalue weighted by molar-refractivity contribution is 5.79. The van der Waals surface area contributed by atoms with Crippen LogP contribution in [0.1, 0.15) is 24.2 Å². The van der Waals surface area contributed by atoms with Gasteiger partial charge in [0.15, 0.2) is 0 Å². The molecule has 0 bridgehead atoms. The molecule has 1 unspecified atom stereocenters. The zero-order valence-corrected chi connectivity index (χ0v) is 7.57. The monoisotopic (exact) mass is 177 g/mol. The number of aliphatic hydroxyl groups excluding tert-OH is 1. The van der Waals surface area contributed by atoms with Crippen LogP contribution in [0.5, 0.6) is 0 Å². The van der Waals surface area contributed by atoms with E-state index in [4.69, 9.17) is 0 Å². The standard InChI is InChI=1S/C9H11N3O/c1-5-3-4-7-9(11-12-10-7)8(5)6(2)13/h3-4,6,13H,1-2H3,(H,10,11,12). The first-order valence-corrected chi connectivity index (χ1v) is 4.18. The molecule has 0 aliphatic rings. The summed E-state index contributed by atoms with van der Waals surface area (Å²) in [6, 6.07) is 3.83. The molecule has 1 heterocycles. The van der Waals surface area contributed by atoms with E-state index in [1.54, 1.807) is 6.92 Å². The first-order valence-electron chi connectivity index (χ1n) is 4.18. The lowest BCUT2D eigenvalue weighted by Gasteiger charge is -2.07. The Balaban J connectivity index is 2.80. The van der Waals surface area contributed by atoms with Crippen molar-refractivity contribution in [3.8, 4) is 0 Å². The molecule has 1 aromatic carbocycles. The molecule has 2 N–H and O–H groups in total. The number of benzene rings is 1. The number of H-pyrrole nitrogens is 1. The van der Waals surface area contributed by atoms with Crippen LogP contribution in [0, 0.1) is 6.92 Å². The predicted octanol–water partition coefficient (Wildman–Crippen LogP) is 1.32. The fourth-order valence-corrected chi connectivity index (χ4v) is 1.56. The molecular weight excluding hydrogens is 166 g/mol. The number of hydrogen-bond donors (Lipinski definition) is 2. The second-order valence-electron chi connectivity index (χ2n) is 3.16. The zero-order valence-electron chi connectivity index (χ0n) is 7.57. The molecule has 0 saturated heterocycles. The van der Waals surface area contributed by atoms with Crippen LogP contribution in [0.2, 0.25) is 0 Å². The largest absolute Gasteiger partial charge is 0.389 e. The van der Waals surface area contributed by atoms with Crippen molar-refractivity contribution in [2.24, 2.45) is 0 Å². The number of nitrogens with zero attached hydrogens (tertiary/aromatic N) is 2. The summed E-state index contributed by atoms with van der Waals surface area (Å²) in [6.45, 7) is 3.69. The lowest BCUT2D eigenvalue weighted by Crippen LogP contribution is -1.96. The first kappa shape index (κ1) is 8.19. The average Bonchev–Trinajstić information content (AvgIpc) is 2.50. The minimum absolute atomic E-state index is 0.506. The Hall–Kier alpha value is -1.42. The zero-order chi connectivity index (χ0) is 9.42. The van der Waals surface area contributed by atoms with Crippen LogP contribution >= 0.6 is 0 Å². The summed E-state index contributed by atoms with van der Waals surface area (Å²) in [5.41, 5.74) is 3.44. The van der Waals surface area contributed by atoms with Crippen LogP contribution < -0.4 is 0 Å². The Kier molecular flexibility index (Phi) is 1.77. The highest BCUT2D eigenvalue weighted by Crippen LogP contribution is 2.24. The summed E-state index contributed by atoms with van der Waals surface area (Å²) in [5.74, 6) is 0. The molecule has 0 amide bonds. The lowest BCUT2D eigenvalue weighted by molar-refractivity contribution is 0.200. The quantitative estimate of drug-likeness (QED) is 0.690. The highest BCUT2D eigenvalue weighted by atomic mass is 16.3. The van der Waals surface area contributed by atoms with Crippen LogP contribution in [0.25, 0.3) is 11.0 Å². The van der Waals surface area contributed by atoms with Crippen molar-refractivity contribution < 1.29 is 5.11 Å². The molecule has 0 saturated carbocycles. The van der Waals surface area contributed by atoms with E-state index in [-0.39, 0.29) is 0 Å². The Bertz CT molecular complexity index is 433. The van der Waals surface area contributed by atoms with Gasteiger partial charge in [0.05, 0.1) is 6.10 Å². The van der Waals surface area contributed by atoms with Gasteiger partial charge in [0.1, 0.15) is 11.0 Å². The normalized spacial score (nSPS) is 13.5. The molecular formula is C9H11N3O. The van der Waals surface area contributed by atoms with E-state index in [9.17, 15) is 5.11 Å². The van der Waals surface area contributed by atoms with E-state index < -0.39 is 6.10 Å². The molecule has 4 heteroatoms. The van der Waals surface area contributed by atoms with Crippen molar-refractivity contribution in [3.63, 3.8) is 0 Å². The van der Waals surface area contributed by atoms with Gasteiger partial charge in [-0.05, 0) is 25.5 Å². The Morgan fingerprint density at radius 2 is 2.15 bits per heavy atom. The van der Waals surface area contributed by atoms with E-state index in [1.807, 2.05) is 19.1 Å². The minimum Gasteiger partial charge on any atom is -0.389 e. The number of aliphatic hydroxyl groups is 1. The second kappa shape index (κ2) is 2.81. The van der Waals surface area contributed by atoms with Gasteiger partial charge in [-0.1, -0.05) is 6.07 Å². The molecule has 2 rings (SSSR count). The molecule has 1 atom stereocenters. The second-order valence-corrected chi connectivity index (χ2v) is 3.16. The first-order chi connectivity index (χ1) is 6.20. The van der Waals surface area contributed by atoms with Gasteiger partial charge in [-0.3, -0.25) is 0 Å². The van der Waals surface area contributed by atoms with Crippen molar-refractivity contribution in [2.75, 3.05) is 0 Å². The predicted molar refractivity (Wildman–Crippen MR) is 49.3 cm³/mol. The smallest absolute Gasteiger partial charge is 0.119 e. The molecule has 0 radical (unpaired) electrons. The molecule has 1 aromatic heterocycles. The number of fused-ring (bicyclic) bond motifs is 1. The number of aryl methyl sites for hydroxylation is 1. The van der Waals surface area contributed by atoms with Gasteiger partial charge < -0.3 is 5.11 Å². The van der Waals surface area contributed by atoms with Crippen molar-refractivity contribution >= 4 is 11.0 Å². The van der Waals surface area contributed by atoms with Gasteiger partial charge in [0, 0.05) is 5.56 Å². The summed E-state index contributed by atoms with van der Waals surface area (Å²) in [5, 5.41) is 20.0. The van der Waals surface area contributed by atoms with Crippen molar-refractivity contribution in [3.05, 3.63) is 23.3 Å². The summed E-state index contributed by atoms with van der Waals surface area (Å²) in [6.07, 6.45) is -0.506. The molecule has 68 valence electrons. The number of hydrogen-bond acceptors (Lipinski definition) is 3. The summed E-state index contributed by atoms with van der Waals surface area (Å²) in [7, 11) is 0. The van der Waals surface area contributed by atoms with Crippen LogP contribution in [0.3, 0.4) is 0 Å². The number of aromatic amines is 1. The van der Waals surface area contributed by atoms with Gasteiger partial charge >= 0.3 is 0 Å². The summed E-state index contributed by atoms with van der Waals surface area (Å²) in [4.78, 5) is 0. The minimum atomic E-state index is -0.506. The van der Waals surface area contributed by atoms with Crippen LogP contribution in [0.4, 0.5) is 0 Å². The number of aromatic nitrogens is 3. The van der Waals surface area contributed by atoms with Gasteiger partial charge in [-0.15, -0.1) is 0 Å². The van der Waals surface area contributed by atoms with Gasteiger partial charge in [0.2, 0.25) is 0 Å². The van der Waals surface area contributed by atoms with Crippen LogP contribution in [-0.2, 0) is 0 Å². The van der Waals surface area contributed by atoms with E-state index in [1.165, 1.54) is 0 Å². The maximum atomic E-state index is 9.54. The van der Waals surface area contributed by atoms with E-state index in [0.717, 1.165) is 22.2 Å². The van der Waals surface area contributed by atoms with Crippen molar-refractivity contribution in [1.29, 1.82) is 0 Å². The third-order valence-electron chi connectivity index (χ3n) is 2.16. The fraction of sp³-hybridized carbons (Fsp3) is 0.333. The molecule has 0 aliphatic heterocycles. The SMILES string of the molecule is Cc1ccc2n[nH]nc2c1C(C)O. The Labute approximate surface area is 75.6 Å². The van der Waals surface area contributed by atoms with E-state index >= 15 is 0 Å².